The molecule has 27 heavy (non-hydrogen) atoms. The first-order chi connectivity index (χ1) is 13.3. The van der Waals surface area contributed by atoms with E-state index in [9.17, 15) is 4.79 Å². The van der Waals surface area contributed by atoms with E-state index >= 15 is 0 Å². The fourth-order valence-electron chi connectivity index (χ4n) is 3.91. The van der Waals surface area contributed by atoms with Gasteiger partial charge in [-0.05, 0) is 37.1 Å². The first-order valence-corrected chi connectivity index (χ1v) is 10.1. The zero-order valence-electron chi connectivity index (χ0n) is 14.8. The Labute approximate surface area is 160 Å². The summed E-state index contributed by atoms with van der Waals surface area (Å²) in [6.07, 6.45) is 2.29. The van der Waals surface area contributed by atoms with Gasteiger partial charge in [-0.3, -0.25) is 4.79 Å². The van der Waals surface area contributed by atoms with Crippen LogP contribution in [-0.4, -0.2) is 33.1 Å². The SMILES string of the molecule is O=c1c2ccccc2nnn1C[NH+]1CCC[C@H](c2nc3ccccc3s2)C1. The van der Waals surface area contributed by atoms with Crippen molar-refractivity contribution in [3.63, 3.8) is 0 Å². The van der Waals surface area contributed by atoms with Gasteiger partial charge in [0.15, 0.2) is 6.67 Å². The van der Waals surface area contributed by atoms with Gasteiger partial charge in [0.05, 0.1) is 34.6 Å². The number of para-hydroxylation sites is 1. The smallest absolute Gasteiger partial charge is 0.282 e. The van der Waals surface area contributed by atoms with Crippen molar-refractivity contribution in [3.8, 4) is 0 Å². The molecule has 2 atom stereocenters. The van der Waals surface area contributed by atoms with Crippen LogP contribution < -0.4 is 10.5 Å². The molecule has 1 unspecified atom stereocenters. The highest BCUT2D eigenvalue weighted by Gasteiger charge is 2.27. The lowest BCUT2D eigenvalue weighted by molar-refractivity contribution is -0.929. The van der Waals surface area contributed by atoms with Crippen molar-refractivity contribution in [1.29, 1.82) is 0 Å². The summed E-state index contributed by atoms with van der Waals surface area (Å²) < 4.78 is 2.76. The molecule has 0 saturated carbocycles. The molecule has 1 aliphatic heterocycles. The van der Waals surface area contributed by atoms with E-state index in [1.165, 1.54) is 19.3 Å². The van der Waals surface area contributed by atoms with Gasteiger partial charge in [0.25, 0.3) is 5.56 Å². The molecule has 1 fully saturated rings. The number of hydrogen-bond donors (Lipinski definition) is 1. The average molecular weight is 378 g/mol. The van der Waals surface area contributed by atoms with Crippen LogP contribution in [0.15, 0.2) is 53.3 Å². The molecule has 1 aliphatic rings. The van der Waals surface area contributed by atoms with Crippen molar-refractivity contribution in [2.24, 2.45) is 0 Å². The van der Waals surface area contributed by atoms with Crippen LogP contribution in [0.25, 0.3) is 21.1 Å². The van der Waals surface area contributed by atoms with Gasteiger partial charge in [0.1, 0.15) is 10.5 Å². The minimum Gasteiger partial charge on any atom is -0.316 e. The zero-order valence-corrected chi connectivity index (χ0v) is 15.7. The van der Waals surface area contributed by atoms with Gasteiger partial charge in [0.2, 0.25) is 0 Å². The summed E-state index contributed by atoms with van der Waals surface area (Å²) in [5.74, 6) is 0.440. The molecule has 0 radical (unpaired) electrons. The van der Waals surface area contributed by atoms with E-state index < -0.39 is 0 Å². The fraction of sp³-hybridized carbons (Fsp3) is 0.300. The minimum absolute atomic E-state index is 0.0600. The van der Waals surface area contributed by atoms with Crippen LogP contribution in [0.4, 0.5) is 0 Å². The molecule has 2 aromatic carbocycles. The summed E-state index contributed by atoms with van der Waals surface area (Å²) in [4.78, 5) is 18.9. The molecule has 3 heterocycles. The summed E-state index contributed by atoms with van der Waals surface area (Å²) in [6, 6.07) is 15.7. The van der Waals surface area contributed by atoms with Crippen LogP contribution >= 0.6 is 11.3 Å². The van der Waals surface area contributed by atoms with Gasteiger partial charge in [-0.25, -0.2) is 4.98 Å². The number of benzene rings is 2. The molecule has 0 bridgehead atoms. The van der Waals surface area contributed by atoms with E-state index in [4.69, 9.17) is 4.98 Å². The number of hydrogen-bond acceptors (Lipinski definition) is 5. The van der Waals surface area contributed by atoms with Crippen molar-refractivity contribution < 1.29 is 4.90 Å². The molecule has 6 nitrogen and oxygen atoms in total. The number of nitrogens with one attached hydrogen (secondary N) is 1. The average Bonchev–Trinajstić information content (AvgIpc) is 3.15. The van der Waals surface area contributed by atoms with Gasteiger partial charge in [0, 0.05) is 0 Å². The summed E-state index contributed by atoms with van der Waals surface area (Å²) in [6.45, 7) is 2.57. The molecule has 2 aromatic heterocycles. The third kappa shape index (κ3) is 3.13. The van der Waals surface area contributed by atoms with Crippen LogP contribution in [0.3, 0.4) is 0 Å². The Morgan fingerprint density at radius 2 is 1.93 bits per heavy atom. The second-order valence-electron chi connectivity index (χ2n) is 7.13. The van der Waals surface area contributed by atoms with Crippen LogP contribution in [0.2, 0.25) is 0 Å². The molecule has 1 N–H and O–H groups in total. The highest BCUT2D eigenvalue weighted by Crippen LogP contribution is 2.30. The van der Waals surface area contributed by atoms with E-state index in [1.807, 2.05) is 30.3 Å². The number of quaternary nitrogens is 1. The Kier molecular flexibility index (Phi) is 4.18. The van der Waals surface area contributed by atoms with Crippen molar-refractivity contribution >= 4 is 32.5 Å². The van der Waals surface area contributed by atoms with Crippen LogP contribution in [-0.2, 0) is 6.67 Å². The quantitative estimate of drug-likeness (QED) is 0.591. The van der Waals surface area contributed by atoms with Gasteiger partial charge < -0.3 is 4.90 Å². The zero-order chi connectivity index (χ0) is 18.2. The Bertz CT molecular complexity index is 1130. The van der Waals surface area contributed by atoms with Crippen LogP contribution in [0.1, 0.15) is 23.8 Å². The maximum absolute atomic E-state index is 12.7. The monoisotopic (exact) mass is 378 g/mol. The second kappa shape index (κ2) is 6.83. The van der Waals surface area contributed by atoms with Crippen molar-refractivity contribution in [1.82, 2.24) is 20.0 Å². The van der Waals surface area contributed by atoms with Gasteiger partial charge in [-0.1, -0.05) is 29.5 Å². The standard InChI is InChI=1S/C20H19N5OS/c26-20-15-7-1-2-8-16(15)22-23-25(20)13-24-11-5-6-14(12-24)19-21-17-9-3-4-10-18(17)27-19/h1-4,7-10,14H,5-6,11-13H2/p+1/t14-/m0/s1. The number of likely N-dealkylation sites (tertiary alicyclic amines) is 1. The van der Waals surface area contributed by atoms with Crippen LogP contribution in [0.5, 0.6) is 0 Å². The molecule has 0 spiro atoms. The number of thiazole rings is 1. The largest absolute Gasteiger partial charge is 0.316 e. The Hall–Kier alpha value is -2.64. The lowest BCUT2D eigenvalue weighted by Gasteiger charge is -2.28. The minimum atomic E-state index is -0.0600. The molecule has 136 valence electrons. The number of nitrogens with zero attached hydrogens (tertiary/aromatic N) is 4. The van der Waals surface area contributed by atoms with Crippen molar-refractivity contribution in [2.75, 3.05) is 13.1 Å². The van der Waals surface area contributed by atoms with Crippen molar-refractivity contribution in [2.45, 2.75) is 25.4 Å². The topological polar surface area (TPSA) is 65.1 Å². The summed E-state index contributed by atoms with van der Waals surface area (Å²) in [5.41, 5.74) is 1.68. The van der Waals surface area contributed by atoms with E-state index in [-0.39, 0.29) is 5.56 Å². The molecule has 5 rings (SSSR count). The Morgan fingerprint density at radius 3 is 2.81 bits per heavy atom. The first kappa shape index (κ1) is 16.5. The number of aromatic nitrogens is 4. The molecular formula is C20H20N5OS+. The summed E-state index contributed by atoms with van der Waals surface area (Å²) >= 11 is 1.80. The first-order valence-electron chi connectivity index (χ1n) is 9.29. The highest BCUT2D eigenvalue weighted by molar-refractivity contribution is 7.18. The van der Waals surface area contributed by atoms with E-state index in [0.717, 1.165) is 31.4 Å². The van der Waals surface area contributed by atoms with Gasteiger partial charge >= 0.3 is 0 Å². The van der Waals surface area contributed by atoms with Gasteiger partial charge in [-0.2, -0.15) is 4.68 Å². The number of fused-ring (bicyclic) bond motifs is 2. The van der Waals surface area contributed by atoms with Gasteiger partial charge in [-0.15, -0.1) is 16.4 Å². The maximum Gasteiger partial charge on any atom is 0.282 e. The molecule has 7 heteroatoms. The molecular weight excluding hydrogens is 358 g/mol. The molecule has 0 aliphatic carbocycles. The molecule has 4 aromatic rings. The predicted octanol–water partition coefficient (Wildman–Crippen LogP) is 1.82. The lowest BCUT2D eigenvalue weighted by Crippen LogP contribution is -3.13. The lowest BCUT2D eigenvalue weighted by atomic mass is 9.99. The van der Waals surface area contributed by atoms with E-state index in [2.05, 4.69) is 28.5 Å². The second-order valence-corrected chi connectivity index (χ2v) is 8.19. The fourth-order valence-corrected chi connectivity index (χ4v) is 5.01. The number of rotatable bonds is 3. The predicted molar refractivity (Wildman–Crippen MR) is 106 cm³/mol. The van der Waals surface area contributed by atoms with Crippen molar-refractivity contribution in [3.05, 3.63) is 63.9 Å². The maximum atomic E-state index is 12.7. The van der Waals surface area contributed by atoms with E-state index in [0.29, 0.717) is 23.5 Å². The number of piperidine rings is 1. The third-order valence-corrected chi connectivity index (χ3v) is 6.48. The normalized spacial score (nSPS) is 20.3. The summed E-state index contributed by atoms with van der Waals surface area (Å²) in [7, 11) is 0. The Morgan fingerprint density at radius 1 is 1.11 bits per heavy atom. The van der Waals surface area contributed by atoms with Crippen LogP contribution in [0, 0.1) is 0 Å². The van der Waals surface area contributed by atoms with E-state index in [1.54, 1.807) is 11.3 Å². The Balaban J connectivity index is 1.38. The molecule has 1 saturated heterocycles. The summed E-state index contributed by atoms with van der Waals surface area (Å²) in [5, 5.41) is 10.2. The highest BCUT2D eigenvalue weighted by atomic mass is 32.1. The molecule has 0 amide bonds. The third-order valence-electron chi connectivity index (χ3n) is 5.28.